The molecule has 0 saturated carbocycles. The third kappa shape index (κ3) is 5.26. The summed E-state index contributed by atoms with van der Waals surface area (Å²) in [4.78, 5) is 38.2. The van der Waals surface area contributed by atoms with Crippen molar-refractivity contribution in [3.63, 3.8) is 0 Å². The molecule has 8 heteroatoms. The maximum absolute atomic E-state index is 12.8. The molecule has 2 aliphatic rings. The number of amides is 2. The minimum absolute atomic E-state index is 0.0413. The fourth-order valence-corrected chi connectivity index (χ4v) is 5.97. The van der Waals surface area contributed by atoms with Crippen LogP contribution in [0.1, 0.15) is 46.9 Å². The summed E-state index contributed by atoms with van der Waals surface area (Å²) in [5, 5.41) is 5.17. The van der Waals surface area contributed by atoms with E-state index in [1.807, 2.05) is 16.7 Å². The molecule has 0 aliphatic carbocycles. The molecular weight excluding hydrogens is 522 g/mol. The lowest BCUT2D eigenvalue weighted by Crippen LogP contribution is -2.42. The maximum Gasteiger partial charge on any atom is 0.253 e. The Hall–Kier alpha value is -3.97. The van der Waals surface area contributed by atoms with Gasteiger partial charge in [-0.25, -0.2) is 9.97 Å². The van der Waals surface area contributed by atoms with Gasteiger partial charge < -0.3 is 15.1 Å². The first-order valence-corrected chi connectivity index (χ1v) is 14.2. The molecule has 6 rings (SSSR count). The summed E-state index contributed by atoms with van der Waals surface area (Å²) < 4.78 is 0. The fourth-order valence-electron chi connectivity index (χ4n) is 5.85. The van der Waals surface area contributed by atoms with Gasteiger partial charge in [0, 0.05) is 55.1 Å². The van der Waals surface area contributed by atoms with E-state index in [0.717, 1.165) is 48.0 Å². The molecule has 0 unspecified atom stereocenters. The van der Waals surface area contributed by atoms with E-state index in [9.17, 15) is 9.59 Å². The number of aryl methyl sites for hydroxylation is 1. The molecule has 7 nitrogen and oxygen atoms in total. The first-order chi connectivity index (χ1) is 19.4. The summed E-state index contributed by atoms with van der Waals surface area (Å²) in [6.07, 6.45) is 2.52. The van der Waals surface area contributed by atoms with Crippen molar-refractivity contribution >= 4 is 40.3 Å². The molecule has 4 aromatic rings. The lowest BCUT2D eigenvalue weighted by molar-refractivity contribution is -0.129. The zero-order chi connectivity index (χ0) is 27.8. The molecule has 2 aliphatic heterocycles. The van der Waals surface area contributed by atoms with Gasteiger partial charge in [-0.3, -0.25) is 9.59 Å². The number of nitrogens with zero attached hydrogens (tertiary/aromatic N) is 4. The van der Waals surface area contributed by atoms with Crippen LogP contribution in [-0.4, -0.2) is 57.3 Å². The van der Waals surface area contributed by atoms with Crippen molar-refractivity contribution in [2.75, 3.05) is 25.0 Å². The highest BCUT2D eigenvalue weighted by Crippen LogP contribution is 2.33. The molecule has 1 fully saturated rings. The highest BCUT2D eigenvalue weighted by Gasteiger charge is 2.25. The van der Waals surface area contributed by atoms with Crippen LogP contribution in [0.4, 0.5) is 5.95 Å². The van der Waals surface area contributed by atoms with Gasteiger partial charge in [-0.15, -0.1) is 0 Å². The highest BCUT2D eigenvalue weighted by molar-refractivity contribution is 6.30. The lowest BCUT2D eigenvalue weighted by atomic mass is 9.90. The number of likely N-dealkylation sites (tertiary alicyclic amines) is 1. The van der Waals surface area contributed by atoms with Gasteiger partial charge in [-0.1, -0.05) is 35.9 Å². The second kappa shape index (κ2) is 10.9. The quantitative estimate of drug-likeness (QED) is 0.341. The molecule has 1 aromatic heterocycles. The standard InChI is InChI=1S/C32H32ClN5O2/c1-20-29-18-23(27-5-3-4-24-19-38(21(2)39)17-14-28(24)27)8-11-30(29)36-32(34-20)35-26-12-15-37(16-13-26)31(40)22-6-9-25(33)10-7-22/h3-11,18,26H,12-17,19H2,1-2H3,(H,34,35,36). The van der Waals surface area contributed by atoms with E-state index >= 15 is 0 Å². The van der Waals surface area contributed by atoms with E-state index in [4.69, 9.17) is 21.6 Å². The minimum atomic E-state index is 0.0413. The van der Waals surface area contributed by atoms with E-state index in [0.29, 0.717) is 36.2 Å². The number of hydrogen-bond acceptors (Lipinski definition) is 5. The SMILES string of the molecule is CC(=O)N1CCc2c(cccc2-c2ccc3nc(NC4CCN(C(=O)c5ccc(Cl)cc5)CC4)nc(C)c3c2)C1. The minimum Gasteiger partial charge on any atom is -0.351 e. The van der Waals surface area contributed by atoms with Crippen molar-refractivity contribution in [2.24, 2.45) is 0 Å². The molecule has 1 saturated heterocycles. The van der Waals surface area contributed by atoms with Gasteiger partial charge in [-0.2, -0.15) is 0 Å². The van der Waals surface area contributed by atoms with Crippen molar-refractivity contribution in [1.29, 1.82) is 0 Å². The number of benzene rings is 3. The molecule has 0 spiro atoms. The van der Waals surface area contributed by atoms with Crippen molar-refractivity contribution < 1.29 is 9.59 Å². The van der Waals surface area contributed by atoms with E-state index in [1.165, 1.54) is 16.7 Å². The normalized spacial score (nSPS) is 15.7. The molecule has 3 heterocycles. The molecule has 0 atom stereocenters. The Bertz CT molecular complexity index is 1600. The Morgan fingerprint density at radius 2 is 1.73 bits per heavy atom. The number of anilines is 1. The van der Waals surface area contributed by atoms with Crippen molar-refractivity contribution in [3.8, 4) is 11.1 Å². The van der Waals surface area contributed by atoms with Gasteiger partial charge in [0.25, 0.3) is 5.91 Å². The first-order valence-electron chi connectivity index (χ1n) is 13.8. The zero-order valence-electron chi connectivity index (χ0n) is 22.8. The van der Waals surface area contributed by atoms with Gasteiger partial charge in [-0.05, 0) is 84.8 Å². The largest absolute Gasteiger partial charge is 0.351 e. The zero-order valence-corrected chi connectivity index (χ0v) is 23.5. The monoisotopic (exact) mass is 553 g/mol. The van der Waals surface area contributed by atoms with Crippen LogP contribution in [0.25, 0.3) is 22.0 Å². The van der Waals surface area contributed by atoms with Crippen molar-refractivity contribution in [1.82, 2.24) is 19.8 Å². The fraction of sp³-hybridized carbons (Fsp3) is 0.312. The number of halogens is 1. The predicted molar refractivity (Wildman–Crippen MR) is 159 cm³/mol. The molecule has 2 amide bonds. The molecule has 0 bridgehead atoms. The van der Waals surface area contributed by atoms with E-state index < -0.39 is 0 Å². The number of nitrogens with one attached hydrogen (secondary N) is 1. The lowest BCUT2D eigenvalue weighted by Gasteiger charge is -2.32. The summed E-state index contributed by atoms with van der Waals surface area (Å²) in [6.45, 7) is 6.44. The van der Waals surface area contributed by atoms with Gasteiger partial charge in [0.15, 0.2) is 0 Å². The molecule has 0 radical (unpaired) electrons. The predicted octanol–water partition coefficient (Wildman–Crippen LogP) is 5.88. The number of piperidine rings is 1. The van der Waals surface area contributed by atoms with Gasteiger partial charge in [0.05, 0.1) is 11.2 Å². The smallest absolute Gasteiger partial charge is 0.253 e. The van der Waals surface area contributed by atoms with Crippen molar-refractivity contribution in [3.05, 3.63) is 88.1 Å². The van der Waals surface area contributed by atoms with Gasteiger partial charge in [0.2, 0.25) is 11.9 Å². The molecule has 1 N–H and O–H groups in total. The maximum atomic E-state index is 12.8. The Kier molecular flexibility index (Phi) is 7.15. The van der Waals surface area contributed by atoms with Crippen LogP contribution >= 0.6 is 11.6 Å². The van der Waals surface area contributed by atoms with E-state index in [-0.39, 0.29) is 17.9 Å². The van der Waals surface area contributed by atoms with Crippen LogP contribution in [0, 0.1) is 6.92 Å². The summed E-state index contributed by atoms with van der Waals surface area (Å²) >= 11 is 5.96. The summed E-state index contributed by atoms with van der Waals surface area (Å²) in [5.41, 5.74) is 7.39. The van der Waals surface area contributed by atoms with Crippen LogP contribution in [0.15, 0.2) is 60.7 Å². The third-order valence-electron chi connectivity index (χ3n) is 8.12. The van der Waals surface area contributed by atoms with Crippen LogP contribution in [0.5, 0.6) is 0 Å². The van der Waals surface area contributed by atoms with E-state index in [2.05, 4.69) is 41.7 Å². The second-order valence-electron chi connectivity index (χ2n) is 10.7. The summed E-state index contributed by atoms with van der Waals surface area (Å²) in [6, 6.07) is 20.0. The first kappa shape index (κ1) is 26.3. The van der Waals surface area contributed by atoms with Crippen LogP contribution in [0.3, 0.4) is 0 Å². The van der Waals surface area contributed by atoms with Crippen LogP contribution < -0.4 is 5.32 Å². The number of aromatic nitrogens is 2. The van der Waals surface area contributed by atoms with Gasteiger partial charge >= 0.3 is 0 Å². The number of fused-ring (bicyclic) bond motifs is 2. The van der Waals surface area contributed by atoms with Crippen molar-refractivity contribution in [2.45, 2.75) is 45.7 Å². The van der Waals surface area contributed by atoms with E-state index in [1.54, 1.807) is 31.2 Å². The molecular formula is C32H32ClN5O2. The van der Waals surface area contributed by atoms with Crippen LogP contribution in [-0.2, 0) is 17.8 Å². The third-order valence-corrected chi connectivity index (χ3v) is 8.37. The highest BCUT2D eigenvalue weighted by atomic mass is 35.5. The number of carbonyl (C=O) groups excluding carboxylic acids is 2. The Morgan fingerprint density at radius 1 is 0.950 bits per heavy atom. The molecule has 40 heavy (non-hydrogen) atoms. The Morgan fingerprint density at radius 3 is 2.48 bits per heavy atom. The average molecular weight is 554 g/mol. The Labute approximate surface area is 239 Å². The second-order valence-corrected chi connectivity index (χ2v) is 11.2. The number of rotatable bonds is 4. The average Bonchev–Trinajstić information content (AvgIpc) is 2.97. The Balaban J connectivity index is 1.16. The van der Waals surface area contributed by atoms with Crippen LogP contribution in [0.2, 0.25) is 5.02 Å². The number of carbonyl (C=O) groups is 2. The number of hydrogen-bond donors (Lipinski definition) is 1. The topological polar surface area (TPSA) is 78.4 Å². The molecule has 204 valence electrons. The summed E-state index contributed by atoms with van der Waals surface area (Å²) in [7, 11) is 0. The summed E-state index contributed by atoms with van der Waals surface area (Å²) in [5.74, 6) is 0.789. The molecule has 3 aromatic carbocycles. The van der Waals surface area contributed by atoms with Gasteiger partial charge in [0.1, 0.15) is 0 Å².